The summed E-state index contributed by atoms with van der Waals surface area (Å²) in [6, 6.07) is 8.23. The number of benzene rings is 1. The monoisotopic (exact) mass is 270 g/mol. The van der Waals surface area contributed by atoms with Crippen LogP contribution >= 0.6 is 0 Å². The van der Waals surface area contributed by atoms with Gasteiger partial charge in [-0.25, -0.2) is 0 Å². The molecule has 102 valence electrons. The molecule has 0 spiro atoms. The highest BCUT2D eigenvalue weighted by atomic mass is 16.5. The van der Waals surface area contributed by atoms with E-state index in [0.29, 0.717) is 12.4 Å². The maximum absolute atomic E-state index is 11.1. The zero-order valence-electron chi connectivity index (χ0n) is 10.8. The van der Waals surface area contributed by atoms with Crippen LogP contribution in [0.2, 0.25) is 0 Å². The lowest BCUT2D eigenvalue weighted by Gasteiger charge is -2.27. The van der Waals surface area contributed by atoms with Gasteiger partial charge in [-0.3, -0.25) is 10.1 Å². The third-order valence-electron chi connectivity index (χ3n) is 3.93. The van der Waals surface area contributed by atoms with Crippen molar-refractivity contribution in [2.24, 2.45) is 0 Å². The van der Waals surface area contributed by atoms with Gasteiger partial charge >= 0.3 is 0 Å². The average molecular weight is 270 g/mol. The second kappa shape index (κ2) is 4.42. The van der Waals surface area contributed by atoms with E-state index < -0.39 is 0 Å². The Kier molecular flexibility index (Phi) is 2.56. The second-order valence-electron chi connectivity index (χ2n) is 5.18. The third-order valence-corrected chi connectivity index (χ3v) is 3.93. The van der Waals surface area contributed by atoms with Crippen molar-refractivity contribution in [2.75, 3.05) is 13.1 Å². The number of fused-ring (bicyclic) bond motifs is 1. The first-order valence-corrected chi connectivity index (χ1v) is 6.72. The molecule has 1 amide bonds. The van der Waals surface area contributed by atoms with Crippen LogP contribution in [0.25, 0.3) is 0 Å². The van der Waals surface area contributed by atoms with Crippen molar-refractivity contribution >= 4 is 5.91 Å². The molecule has 1 aliphatic heterocycles. The van der Waals surface area contributed by atoms with E-state index in [4.69, 9.17) is 4.52 Å². The van der Waals surface area contributed by atoms with Gasteiger partial charge in [-0.1, -0.05) is 29.4 Å². The van der Waals surface area contributed by atoms with Crippen LogP contribution in [-0.4, -0.2) is 29.1 Å². The zero-order chi connectivity index (χ0) is 13.5. The van der Waals surface area contributed by atoms with Crippen molar-refractivity contribution in [3.8, 4) is 0 Å². The number of hydrogen-bond donors (Lipinski definition) is 2. The summed E-state index contributed by atoms with van der Waals surface area (Å²) in [4.78, 5) is 15.6. The van der Waals surface area contributed by atoms with Crippen molar-refractivity contribution in [3.05, 3.63) is 47.1 Å². The lowest BCUT2D eigenvalue weighted by molar-refractivity contribution is -0.121. The van der Waals surface area contributed by atoms with Gasteiger partial charge in [0, 0.05) is 6.54 Å². The Hall–Kier alpha value is -2.21. The maximum atomic E-state index is 11.1. The summed E-state index contributed by atoms with van der Waals surface area (Å²) in [5.41, 5.74) is 2.64. The van der Waals surface area contributed by atoms with E-state index in [2.05, 4.69) is 32.9 Å². The summed E-state index contributed by atoms with van der Waals surface area (Å²) in [6.07, 6.45) is 0.962. The van der Waals surface area contributed by atoms with Crippen LogP contribution in [0.4, 0.5) is 0 Å². The zero-order valence-corrected chi connectivity index (χ0v) is 10.8. The van der Waals surface area contributed by atoms with Gasteiger partial charge in [-0.2, -0.15) is 4.98 Å². The van der Waals surface area contributed by atoms with Crippen LogP contribution in [0.15, 0.2) is 28.8 Å². The average Bonchev–Trinajstić information content (AvgIpc) is 2.90. The number of nitrogens with one attached hydrogen (secondary N) is 2. The van der Waals surface area contributed by atoms with E-state index in [-0.39, 0.29) is 24.4 Å². The fourth-order valence-corrected chi connectivity index (χ4v) is 2.76. The van der Waals surface area contributed by atoms with E-state index >= 15 is 0 Å². The van der Waals surface area contributed by atoms with Gasteiger partial charge in [-0.15, -0.1) is 0 Å². The highest BCUT2D eigenvalue weighted by Crippen LogP contribution is 2.38. The number of carbonyl (C=O) groups excluding carboxylic acids is 1. The van der Waals surface area contributed by atoms with Gasteiger partial charge in [0.2, 0.25) is 11.8 Å². The van der Waals surface area contributed by atoms with E-state index in [9.17, 15) is 4.79 Å². The van der Waals surface area contributed by atoms with E-state index in [1.54, 1.807) is 0 Å². The predicted molar refractivity (Wildman–Crippen MR) is 70.0 cm³/mol. The summed E-state index contributed by atoms with van der Waals surface area (Å²) in [5.74, 6) is 1.51. The van der Waals surface area contributed by atoms with Gasteiger partial charge < -0.3 is 9.84 Å². The topological polar surface area (TPSA) is 80.1 Å². The molecule has 1 aliphatic carbocycles. The Morgan fingerprint density at radius 2 is 2.20 bits per heavy atom. The number of rotatable bonds is 2. The molecule has 4 rings (SSSR count). The Morgan fingerprint density at radius 1 is 1.30 bits per heavy atom. The molecule has 6 heteroatoms. The fraction of sp³-hybridized carbons (Fsp3) is 0.357. The highest BCUT2D eigenvalue weighted by Gasteiger charge is 2.32. The van der Waals surface area contributed by atoms with Crippen molar-refractivity contribution in [1.82, 2.24) is 20.8 Å². The summed E-state index contributed by atoms with van der Waals surface area (Å²) in [7, 11) is 0. The van der Waals surface area contributed by atoms with Crippen LogP contribution in [0.1, 0.15) is 34.8 Å². The first-order chi connectivity index (χ1) is 9.81. The minimum atomic E-state index is -0.0933. The minimum absolute atomic E-state index is 0.00564. The molecule has 2 heterocycles. The summed E-state index contributed by atoms with van der Waals surface area (Å²) in [6.45, 7) is 0.774. The smallest absolute Gasteiger partial charge is 0.245 e. The Labute approximate surface area is 115 Å². The van der Waals surface area contributed by atoms with Crippen molar-refractivity contribution in [3.63, 3.8) is 0 Å². The van der Waals surface area contributed by atoms with Crippen molar-refractivity contribution < 1.29 is 9.32 Å². The van der Waals surface area contributed by atoms with Gasteiger partial charge in [0.15, 0.2) is 5.82 Å². The summed E-state index contributed by atoms with van der Waals surface area (Å²) in [5, 5.41) is 9.96. The number of aromatic nitrogens is 2. The molecule has 1 aromatic carbocycles. The van der Waals surface area contributed by atoms with E-state index in [0.717, 1.165) is 12.2 Å². The molecule has 2 aliphatic rings. The van der Waals surface area contributed by atoms with Gasteiger partial charge in [0.05, 0.1) is 12.5 Å². The quantitative estimate of drug-likeness (QED) is 0.831. The first-order valence-electron chi connectivity index (χ1n) is 6.72. The van der Waals surface area contributed by atoms with Gasteiger partial charge in [0.1, 0.15) is 6.04 Å². The van der Waals surface area contributed by atoms with Crippen molar-refractivity contribution in [2.45, 2.75) is 18.4 Å². The molecule has 2 N–H and O–H groups in total. The van der Waals surface area contributed by atoms with E-state index in [1.807, 2.05) is 12.1 Å². The lowest BCUT2D eigenvalue weighted by Crippen LogP contribution is -2.47. The summed E-state index contributed by atoms with van der Waals surface area (Å²) < 4.78 is 5.34. The first kappa shape index (κ1) is 11.6. The number of carbonyl (C=O) groups is 1. The Morgan fingerprint density at radius 3 is 3.00 bits per heavy atom. The van der Waals surface area contributed by atoms with E-state index in [1.165, 1.54) is 11.1 Å². The molecule has 1 aromatic heterocycles. The Balaban J connectivity index is 1.53. The maximum Gasteiger partial charge on any atom is 0.245 e. The second-order valence-corrected chi connectivity index (χ2v) is 5.18. The minimum Gasteiger partial charge on any atom is -0.353 e. The molecule has 1 fully saturated rings. The number of nitrogens with zero attached hydrogens (tertiary/aromatic N) is 2. The molecule has 2 unspecified atom stereocenters. The normalized spacial score (nSPS) is 24.7. The van der Waals surface area contributed by atoms with Gasteiger partial charge in [-0.05, 0) is 17.5 Å². The largest absolute Gasteiger partial charge is 0.353 e. The van der Waals surface area contributed by atoms with Crippen LogP contribution < -0.4 is 10.6 Å². The highest BCUT2D eigenvalue weighted by molar-refractivity contribution is 5.78. The standard InChI is InChI=1S/C14H14N4O2/c19-12-7-15-11(6-16-12)14-17-13(18-20-14)10-5-8-3-1-2-4-9(8)10/h1-4,10-11,15H,5-7H2,(H,16,19). The number of hydrogen-bond acceptors (Lipinski definition) is 5. The molecular weight excluding hydrogens is 256 g/mol. The SMILES string of the molecule is O=C1CNC(c2nc(C3Cc4ccccc43)no2)CN1. The fourth-order valence-electron chi connectivity index (χ4n) is 2.76. The molecule has 0 saturated carbocycles. The lowest BCUT2D eigenvalue weighted by atomic mass is 9.77. The third kappa shape index (κ3) is 1.80. The van der Waals surface area contributed by atoms with Crippen LogP contribution in [0, 0.1) is 0 Å². The molecular formula is C14H14N4O2. The molecule has 1 saturated heterocycles. The Bertz CT molecular complexity index is 657. The molecule has 20 heavy (non-hydrogen) atoms. The van der Waals surface area contributed by atoms with Crippen LogP contribution in [-0.2, 0) is 11.2 Å². The number of amides is 1. The molecule has 2 aromatic rings. The summed E-state index contributed by atoms with van der Waals surface area (Å²) >= 11 is 0. The predicted octanol–water partition coefficient (Wildman–Crippen LogP) is 0.518. The molecule has 6 nitrogen and oxygen atoms in total. The van der Waals surface area contributed by atoms with Crippen LogP contribution in [0.3, 0.4) is 0 Å². The molecule has 2 atom stereocenters. The van der Waals surface area contributed by atoms with Gasteiger partial charge in [0.25, 0.3) is 0 Å². The molecule has 0 radical (unpaired) electrons. The van der Waals surface area contributed by atoms with Crippen LogP contribution in [0.5, 0.6) is 0 Å². The number of piperazine rings is 1. The van der Waals surface area contributed by atoms with Crippen molar-refractivity contribution in [1.29, 1.82) is 0 Å². The molecule has 0 bridgehead atoms.